The standard InChI is InChI=1S/C20H34N4O3/c1-4-12-21-19(25)11-14-23-20(22-13-6-15-27-5-2)24-16-17-7-9-18(26-3)10-8-17/h7-10H,4-6,11-16H2,1-3H3,(H,21,25)(H2,22,23,24). The zero-order chi connectivity index (χ0) is 19.7. The average molecular weight is 379 g/mol. The number of aliphatic imine (C=N–C) groups is 1. The van der Waals surface area contributed by atoms with E-state index >= 15 is 0 Å². The van der Waals surface area contributed by atoms with E-state index in [9.17, 15) is 4.79 Å². The second-order valence-corrected chi connectivity index (χ2v) is 6.02. The van der Waals surface area contributed by atoms with Gasteiger partial charge in [0.25, 0.3) is 0 Å². The van der Waals surface area contributed by atoms with Gasteiger partial charge in [0, 0.05) is 39.3 Å². The molecule has 1 aromatic carbocycles. The first-order chi connectivity index (χ1) is 13.2. The number of nitrogens with one attached hydrogen (secondary N) is 3. The summed E-state index contributed by atoms with van der Waals surface area (Å²) in [4.78, 5) is 16.3. The number of carbonyl (C=O) groups is 1. The van der Waals surface area contributed by atoms with E-state index in [2.05, 4.69) is 20.9 Å². The van der Waals surface area contributed by atoms with Crippen molar-refractivity contribution in [2.75, 3.05) is 40.0 Å². The lowest BCUT2D eigenvalue weighted by atomic mass is 10.2. The van der Waals surface area contributed by atoms with E-state index < -0.39 is 0 Å². The molecule has 0 radical (unpaired) electrons. The highest BCUT2D eigenvalue weighted by Crippen LogP contribution is 2.11. The van der Waals surface area contributed by atoms with Crippen molar-refractivity contribution in [1.82, 2.24) is 16.0 Å². The number of nitrogens with zero attached hydrogens (tertiary/aromatic N) is 1. The lowest BCUT2D eigenvalue weighted by Gasteiger charge is -2.13. The first kappa shape index (κ1) is 22.8. The number of amides is 1. The van der Waals surface area contributed by atoms with Gasteiger partial charge >= 0.3 is 0 Å². The minimum atomic E-state index is 0.0511. The summed E-state index contributed by atoms with van der Waals surface area (Å²) in [6, 6.07) is 7.83. The Morgan fingerprint density at radius 3 is 2.44 bits per heavy atom. The van der Waals surface area contributed by atoms with Gasteiger partial charge in [-0.2, -0.15) is 0 Å². The van der Waals surface area contributed by atoms with E-state index in [1.807, 2.05) is 38.1 Å². The summed E-state index contributed by atoms with van der Waals surface area (Å²) in [5.41, 5.74) is 1.09. The van der Waals surface area contributed by atoms with Gasteiger partial charge in [-0.05, 0) is 37.5 Å². The first-order valence-electron chi connectivity index (χ1n) is 9.69. The lowest BCUT2D eigenvalue weighted by Crippen LogP contribution is -2.40. The van der Waals surface area contributed by atoms with Crippen LogP contribution >= 0.6 is 0 Å². The maximum Gasteiger partial charge on any atom is 0.221 e. The van der Waals surface area contributed by atoms with Crippen LogP contribution < -0.4 is 20.7 Å². The largest absolute Gasteiger partial charge is 0.497 e. The molecule has 0 atom stereocenters. The molecule has 0 heterocycles. The maximum absolute atomic E-state index is 11.7. The quantitative estimate of drug-likeness (QED) is 0.278. The van der Waals surface area contributed by atoms with Gasteiger partial charge in [0.2, 0.25) is 5.91 Å². The highest BCUT2D eigenvalue weighted by molar-refractivity contribution is 5.81. The van der Waals surface area contributed by atoms with Crippen molar-refractivity contribution in [3.63, 3.8) is 0 Å². The van der Waals surface area contributed by atoms with Gasteiger partial charge in [-0.3, -0.25) is 4.79 Å². The van der Waals surface area contributed by atoms with E-state index in [1.165, 1.54) is 0 Å². The molecule has 0 saturated heterocycles. The monoisotopic (exact) mass is 378 g/mol. The minimum Gasteiger partial charge on any atom is -0.497 e. The Labute approximate surface area is 162 Å². The van der Waals surface area contributed by atoms with Crippen LogP contribution in [0.15, 0.2) is 29.3 Å². The fourth-order valence-corrected chi connectivity index (χ4v) is 2.25. The van der Waals surface area contributed by atoms with Crippen LogP contribution in [0.5, 0.6) is 5.75 Å². The van der Waals surface area contributed by atoms with Crippen LogP contribution in [0.4, 0.5) is 0 Å². The fraction of sp³-hybridized carbons (Fsp3) is 0.600. The van der Waals surface area contributed by atoms with Gasteiger partial charge in [-0.15, -0.1) is 0 Å². The Bertz CT molecular complexity index is 547. The van der Waals surface area contributed by atoms with Crippen LogP contribution in [0, 0.1) is 0 Å². The third kappa shape index (κ3) is 11.1. The Morgan fingerprint density at radius 2 is 1.78 bits per heavy atom. The predicted molar refractivity (Wildman–Crippen MR) is 109 cm³/mol. The Balaban J connectivity index is 2.50. The van der Waals surface area contributed by atoms with E-state index in [4.69, 9.17) is 9.47 Å². The highest BCUT2D eigenvalue weighted by Gasteiger charge is 2.03. The summed E-state index contributed by atoms with van der Waals surface area (Å²) in [6.45, 7) is 8.03. The Kier molecular flexibility index (Phi) is 12.5. The van der Waals surface area contributed by atoms with Crippen molar-refractivity contribution >= 4 is 11.9 Å². The summed E-state index contributed by atoms with van der Waals surface area (Å²) >= 11 is 0. The molecule has 1 aromatic rings. The van der Waals surface area contributed by atoms with E-state index in [1.54, 1.807) is 7.11 Å². The van der Waals surface area contributed by atoms with Crippen LogP contribution in [-0.4, -0.2) is 51.8 Å². The third-order valence-electron chi connectivity index (χ3n) is 3.76. The molecule has 0 unspecified atom stereocenters. The number of carbonyl (C=O) groups excluding carboxylic acids is 1. The molecule has 0 bridgehead atoms. The minimum absolute atomic E-state index is 0.0511. The van der Waals surface area contributed by atoms with E-state index in [0.29, 0.717) is 38.6 Å². The van der Waals surface area contributed by atoms with Gasteiger partial charge in [0.15, 0.2) is 5.96 Å². The van der Waals surface area contributed by atoms with E-state index in [-0.39, 0.29) is 5.91 Å². The molecule has 7 nitrogen and oxygen atoms in total. The molecule has 0 spiro atoms. The second-order valence-electron chi connectivity index (χ2n) is 6.02. The Hall–Kier alpha value is -2.28. The molecule has 1 rings (SSSR count). The number of ether oxygens (including phenoxy) is 2. The van der Waals surface area contributed by atoms with Gasteiger partial charge in [-0.1, -0.05) is 19.1 Å². The molecule has 0 aliphatic carbocycles. The fourth-order valence-electron chi connectivity index (χ4n) is 2.25. The molecule has 0 fully saturated rings. The second kappa shape index (κ2) is 14.8. The SMILES string of the molecule is CCCNC(=O)CCNC(=NCc1ccc(OC)cc1)NCCCOCC. The molecule has 0 aliphatic heterocycles. The van der Waals surface area contributed by atoms with Gasteiger partial charge in [0.05, 0.1) is 13.7 Å². The molecule has 0 aliphatic rings. The number of methoxy groups -OCH3 is 1. The number of benzene rings is 1. The van der Waals surface area contributed by atoms with Crippen LogP contribution in [0.1, 0.15) is 38.7 Å². The summed E-state index contributed by atoms with van der Waals surface area (Å²) < 4.78 is 10.5. The van der Waals surface area contributed by atoms with Gasteiger partial charge in [0.1, 0.15) is 5.75 Å². The lowest BCUT2D eigenvalue weighted by molar-refractivity contribution is -0.120. The number of rotatable bonds is 13. The molecule has 27 heavy (non-hydrogen) atoms. The van der Waals surface area contributed by atoms with Crippen molar-refractivity contribution in [1.29, 1.82) is 0 Å². The Morgan fingerprint density at radius 1 is 1.04 bits per heavy atom. The molecule has 1 amide bonds. The molecule has 0 saturated carbocycles. The average Bonchev–Trinajstić information content (AvgIpc) is 2.70. The van der Waals surface area contributed by atoms with Crippen LogP contribution in [0.3, 0.4) is 0 Å². The van der Waals surface area contributed by atoms with Crippen molar-refractivity contribution in [3.05, 3.63) is 29.8 Å². The van der Waals surface area contributed by atoms with Crippen LogP contribution in [0.2, 0.25) is 0 Å². The summed E-state index contributed by atoms with van der Waals surface area (Å²) in [5, 5.41) is 9.39. The third-order valence-corrected chi connectivity index (χ3v) is 3.76. The number of hydrogen-bond acceptors (Lipinski definition) is 4. The van der Waals surface area contributed by atoms with Crippen LogP contribution in [0.25, 0.3) is 0 Å². The predicted octanol–water partition coefficient (Wildman–Crippen LogP) is 2.07. The van der Waals surface area contributed by atoms with Crippen LogP contribution in [-0.2, 0) is 16.1 Å². The van der Waals surface area contributed by atoms with Crippen molar-refractivity contribution in [2.24, 2.45) is 4.99 Å². The molecule has 7 heteroatoms. The van der Waals surface area contributed by atoms with Crippen molar-refractivity contribution < 1.29 is 14.3 Å². The highest BCUT2D eigenvalue weighted by atomic mass is 16.5. The zero-order valence-corrected chi connectivity index (χ0v) is 16.8. The van der Waals surface area contributed by atoms with E-state index in [0.717, 1.165) is 37.3 Å². The zero-order valence-electron chi connectivity index (χ0n) is 16.8. The molecule has 3 N–H and O–H groups in total. The topological polar surface area (TPSA) is 84.0 Å². The summed E-state index contributed by atoms with van der Waals surface area (Å²) in [7, 11) is 1.65. The van der Waals surface area contributed by atoms with Crippen molar-refractivity contribution in [3.8, 4) is 5.75 Å². The molecule has 152 valence electrons. The van der Waals surface area contributed by atoms with Gasteiger partial charge < -0.3 is 25.4 Å². The van der Waals surface area contributed by atoms with Gasteiger partial charge in [-0.25, -0.2) is 4.99 Å². The summed E-state index contributed by atoms with van der Waals surface area (Å²) in [5.74, 6) is 1.58. The summed E-state index contributed by atoms with van der Waals surface area (Å²) in [6.07, 6.45) is 2.26. The molecular weight excluding hydrogens is 344 g/mol. The maximum atomic E-state index is 11.7. The first-order valence-corrected chi connectivity index (χ1v) is 9.69. The number of guanidine groups is 1. The normalized spacial score (nSPS) is 11.1. The number of hydrogen-bond donors (Lipinski definition) is 3. The molecular formula is C20H34N4O3. The van der Waals surface area contributed by atoms with Crippen molar-refractivity contribution in [2.45, 2.75) is 39.7 Å². The molecule has 0 aromatic heterocycles. The smallest absolute Gasteiger partial charge is 0.221 e.